The molecule has 17 heavy (non-hydrogen) atoms. The summed E-state index contributed by atoms with van der Waals surface area (Å²) in [5.74, 6) is 0.428. The maximum absolute atomic E-state index is 13.8. The van der Waals surface area contributed by atoms with Crippen LogP contribution in [0.2, 0.25) is 0 Å². The third-order valence-electron chi connectivity index (χ3n) is 2.48. The van der Waals surface area contributed by atoms with Crippen LogP contribution in [-0.4, -0.2) is 15.2 Å². The van der Waals surface area contributed by atoms with Gasteiger partial charge in [-0.25, -0.2) is 4.39 Å². The first-order valence-electron chi connectivity index (χ1n) is 5.08. The largest absolute Gasteiger partial charge is 0.421 e. The average molecular weight is 229 g/mol. The number of hydrogen-bond acceptors (Lipinski definition) is 4. The van der Waals surface area contributed by atoms with Crippen molar-refractivity contribution in [1.29, 1.82) is 0 Å². The van der Waals surface area contributed by atoms with E-state index >= 15 is 0 Å². The molecule has 0 spiro atoms. The van der Waals surface area contributed by atoms with E-state index in [9.17, 15) is 4.39 Å². The molecule has 0 bridgehead atoms. The van der Waals surface area contributed by atoms with Crippen molar-refractivity contribution in [3.05, 3.63) is 42.3 Å². The Morgan fingerprint density at radius 3 is 2.88 bits per heavy atom. The van der Waals surface area contributed by atoms with Gasteiger partial charge in [-0.15, -0.1) is 10.2 Å². The van der Waals surface area contributed by atoms with E-state index in [4.69, 9.17) is 4.42 Å². The fourth-order valence-corrected chi connectivity index (χ4v) is 1.69. The third-order valence-corrected chi connectivity index (χ3v) is 2.48. The molecule has 0 atom stereocenters. The molecule has 0 aliphatic heterocycles. The van der Waals surface area contributed by atoms with Crippen LogP contribution < -0.4 is 0 Å². The normalized spacial score (nSPS) is 10.9. The standard InChI is InChI=1S/C12H8FN3O/c1-7-15-16-12(17-7)9-4-8-2-3-14-6-10(8)11(13)5-9/h2-6H,1H3. The van der Waals surface area contributed by atoms with E-state index in [-0.39, 0.29) is 5.82 Å². The second-order valence-electron chi connectivity index (χ2n) is 3.68. The number of benzene rings is 1. The average Bonchev–Trinajstić information content (AvgIpc) is 2.76. The Bertz CT molecular complexity index is 693. The van der Waals surface area contributed by atoms with Gasteiger partial charge in [0, 0.05) is 30.3 Å². The highest BCUT2D eigenvalue weighted by molar-refractivity contribution is 5.85. The van der Waals surface area contributed by atoms with Crippen molar-refractivity contribution in [2.24, 2.45) is 0 Å². The van der Waals surface area contributed by atoms with E-state index < -0.39 is 0 Å². The van der Waals surface area contributed by atoms with E-state index in [0.717, 1.165) is 5.39 Å². The van der Waals surface area contributed by atoms with Crippen molar-refractivity contribution in [3.8, 4) is 11.5 Å². The summed E-state index contributed by atoms with van der Waals surface area (Å²) in [4.78, 5) is 3.89. The summed E-state index contributed by atoms with van der Waals surface area (Å²) >= 11 is 0. The van der Waals surface area contributed by atoms with Crippen LogP contribution in [0.5, 0.6) is 0 Å². The topological polar surface area (TPSA) is 51.8 Å². The molecule has 0 saturated heterocycles. The number of pyridine rings is 1. The van der Waals surface area contributed by atoms with Gasteiger partial charge in [-0.05, 0) is 23.6 Å². The Morgan fingerprint density at radius 1 is 1.24 bits per heavy atom. The quantitative estimate of drug-likeness (QED) is 0.643. The molecule has 0 saturated carbocycles. The van der Waals surface area contributed by atoms with Crippen molar-refractivity contribution in [2.75, 3.05) is 0 Å². The number of aromatic nitrogens is 3. The number of fused-ring (bicyclic) bond motifs is 1. The summed E-state index contributed by atoms with van der Waals surface area (Å²) in [6.45, 7) is 1.69. The van der Waals surface area contributed by atoms with Crippen molar-refractivity contribution in [1.82, 2.24) is 15.2 Å². The SMILES string of the molecule is Cc1nnc(-c2cc(F)c3cnccc3c2)o1. The van der Waals surface area contributed by atoms with Crippen LogP contribution in [0.4, 0.5) is 4.39 Å². The van der Waals surface area contributed by atoms with Crippen LogP contribution in [-0.2, 0) is 0 Å². The van der Waals surface area contributed by atoms with Crippen LogP contribution in [0.25, 0.3) is 22.2 Å². The molecule has 3 aromatic rings. The van der Waals surface area contributed by atoms with Crippen LogP contribution in [0, 0.1) is 12.7 Å². The van der Waals surface area contributed by atoms with Gasteiger partial charge in [0.2, 0.25) is 11.8 Å². The molecular formula is C12H8FN3O. The predicted molar refractivity (Wildman–Crippen MR) is 59.7 cm³/mol. The monoisotopic (exact) mass is 229 g/mol. The fourth-order valence-electron chi connectivity index (χ4n) is 1.69. The lowest BCUT2D eigenvalue weighted by Crippen LogP contribution is -1.85. The fraction of sp³-hybridized carbons (Fsp3) is 0.0833. The second-order valence-corrected chi connectivity index (χ2v) is 3.68. The van der Waals surface area contributed by atoms with Gasteiger partial charge in [-0.3, -0.25) is 4.98 Å². The van der Waals surface area contributed by atoms with E-state index in [1.807, 2.05) is 0 Å². The van der Waals surface area contributed by atoms with Gasteiger partial charge in [-0.1, -0.05) is 0 Å². The van der Waals surface area contributed by atoms with Gasteiger partial charge in [0.1, 0.15) is 5.82 Å². The highest BCUT2D eigenvalue weighted by Gasteiger charge is 2.10. The van der Waals surface area contributed by atoms with Crippen molar-refractivity contribution >= 4 is 10.8 Å². The maximum atomic E-state index is 13.8. The predicted octanol–water partition coefficient (Wildman–Crippen LogP) is 2.73. The van der Waals surface area contributed by atoms with Crippen LogP contribution in [0.3, 0.4) is 0 Å². The summed E-state index contributed by atoms with van der Waals surface area (Å²) in [5.41, 5.74) is 0.571. The Labute approximate surface area is 96.1 Å². The molecular weight excluding hydrogens is 221 g/mol. The molecule has 0 amide bonds. The molecule has 5 heteroatoms. The zero-order valence-corrected chi connectivity index (χ0v) is 9.01. The number of halogens is 1. The molecule has 0 radical (unpaired) electrons. The molecule has 2 aromatic heterocycles. The number of nitrogens with zero attached hydrogens (tertiary/aromatic N) is 3. The van der Waals surface area contributed by atoms with Gasteiger partial charge in [-0.2, -0.15) is 0 Å². The van der Waals surface area contributed by atoms with Crippen molar-refractivity contribution < 1.29 is 8.81 Å². The van der Waals surface area contributed by atoms with Crippen LogP contribution >= 0.6 is 0 Å². The Balaban J connectivity index is 2.25. The summed E-state index contributed by atoms with van der Waals surface area (Å²) < 4.78 is 19.1. The minimum Gasteiger partial charge on any atom is -0.421 e. The van der Waals surface area contributed by atoms with E-state index in [1.165, 1.54) is 12.3 Å². The highest BCUT2D eigenvalue weighted by atomic mass is 19.1. The van der Waals surface area contributed by atoms with Gasteiger partial charge in [0.05, 0.1) is 0 Å². The summed E-state index contributed by atoms with van der Waals surface area (Å²) in [5, 5.41) is 8.82. The first-order valence-corrected chi connectivity index (χ1v) is 5.08. The first-order chi connectivity index (χ1) is 8.24. The number of rotatable bonds is 1. The lowest BCUT2D eigenvalue weighted by Gasteiger charge is -2.01. The third kappa shape index (κ3) is 1.65. The maximum Gasteiger partial charge on any atom is 0.247 e. The van der Waals surface area contributed by atoms with Crippen LogP contribution in [0.15, 0.2) is 35.0 Å². The molecule has 0 aliphatic carbocycles. The van der Waals surface area contributed by atoms with Gasteiger partial charge in [0.15, 0.2) is 0 Å². The Kier molecular flexibility index (Phi) is 2.11. The molecule has 0 fully saturated rings. The Hall–Kier alpha value is -2.30. The van der Waals surface area contributed by atoms with Gasteiger partial charge < -0.3 is 4.42 Å². The summed E-state index contributed by atoms with van der Waals surface area (Å²) in [6.07, 6.45) is 3.11. The second kappa shape index (κ2) is 3.62. The molecule has 0 aliphatic rings. The molecule has 3 rings (SSSR count). The van der Waals surface area contributed by atoms with Gasteiger partial charge in [0.25, 0.3) is 0 Å². The Morgan fingerprint density at radius 2 is 2.12 bits per heavy atom. The molecule has 0 unspecified atom stereocenters. The molecule has 84 valence electrons. The lowest BCUT2D eigenvalue weighted by atomic mass is 10.1. The molecule has 4 nitrogen and oxygen atoms in total. The first kappa shape index (κ1) is 9.89. The molecule has 2 heterocycles. The summed E-state index contributed by atoms with van der Waals surface area (Å²) in [7, 11) is 0. The lowest BCUT2D eigenvalue weighted by molar-refractivity contribution is 0.532. The van der Waals surface area contributed by atoms with E-state index in [2.05, 4.69) is 15.2 Å². The number of hydrogen-bond donors (Lipinski definition) is 0. The molecule has 1 aromatic carbocycles. The van der Waals surface area contributed by atoms with Crippen molar-refractivity contribution in [3.63, 3.8) is 0 Å². The zero-order chi connectivity index (χ0) is 11.8. The van der Waals surface area contributed by atoms with E-state index in [0.29, 0.717) is 22.7 Å². The minimum atomic E-state index is -0.346. The van der Waals surface area contributed by atoms with Gasteiger partial charge >= 0.3 is 0 Å². The van der Waals surface area contributed by atoms with E-state index in [1.54, 1.807) is 25.3 Å². The highest BCUT2D eigenvalue weighted by Crippen LogP contribution is 2.25. The molecule has 0 N–H and O–H groups in total. The summed E-state index contributed by atoms with van der Waals surface area (Å²) in [6, 6.07) is 4.91. The zero-order valence-electron chi connectivity index (χ0n) is 9.01. The van der Waals surface area contributed by atoms with Crippen LogP contribution in [0.1, 0.15) is 5.89 Å². The minimum absolute atomic E-state index is 0.320. The van der Waals surface area contributed by atoms with Crippen molar-refractivity contribution in [2.45, 2.75) is 6.92 Å². The smallest absolute Gasteiger partial charge is 0.247 e. The number of aryl methyl sites for hydroxylation is 1.